The molecule has 190 valence electrons. The summed E-state index contributed by atoms with van der Waals surface area (Å²) in [5, 5.41) is 11.2. The van der Waals surface area contributed by atoms with E-state index in [-0.39, 0.29) is 5.75 Å². The number of aromatic nitrogens is 1. The fourth-order valence-corrected chi connectivity index (χ4v) is 6.30. The van der Waals surface area contributed by atoms with E-state index in [1.165, 1.54) is 22.3 Å². The third-order valence-corrected chi connectivity index (χ3v) is 8.46. The molecular formula is C34H25IN2OS. The lowest BCUT2D eigenvalue weighted by Crippen LogP contribution is -1.88. The molecule has 5 aromatic carbocycles. The molecule has 0 radical (unpaired) electrons. The Morgan fingerprint density at radius 2 is 1.56 bits per heavy atom. The highest BCUT2D eigenvalue weighted by Crippen LogP contribution is 2.42. The molecule has 0 saturated carbocycles. The standard InChI is InChI=1S/C34H25IN2OS/c1-21-12-13-22(2)28(16-21)24-18-29(23-8-4-3-5-9-23)33-32(19-24)39-34(37-33)27-10-6-7-11-30(27)36-20-25-17-26(35)14-15-31(25)38/h3-20,38H,1-2H3. The number of fused-ring (bicyclic) bond motifs is 1. The molecular weight excluding hydrogens is 611 g/mol. The van der Waals surface area contributed by atoms with Gasteiger partial charge in [-0.2, -0.15) is 0 Å². The van der Waals surface area contributed by atoms with E-state index < -0.39 is 0 Å². The SMILES string of the molecule is Cc1ccc(C)c(-c2cc(-c3ccccc3)c3nc(-c4ccccc4N=Cc4cc(I)ccc4O)sc3c2)c1. The van der Waals surface area contributed by atoms with Gasteiger partial charge in [0.1, 0.15) is 10.8 Å². The van der Waals surface area contributed by atoms with Gasteiger partial charge in [-0.25, -0.2) is 4.98 Å². The van der Waals surface area contributed by atoms with Crippen LogP contribution in [0.4, 0.5) is 5.69 Å². The van der Waals surface area contributed by atoms with Gasteiger partial charge < -0.3 is 5.11 Å². The smallest absolute Gasteiger partial charge is 0.126 e. The van der Waals surface area contributed by atoms with E-state index >= 15 is 0 Å². The molecule has 0 aliphatic rings. The van der Waals surface area contributed by atoms with E-state index in [4.69, 9.17) is 9.98 Å². The van der Waals surface area contributed by atoms with Crippen LogP contribution in [0.3, 0.4) is 0 Å². The minimum absolute atomic E-state index is 0.211. The Hall–Kier alpha value is -3.81. The van der Waals surface area contributed by atoms with Crippen molar-refractivity contribution in [2.75, 3.05) is 0 Å². The molecule has 0 aliphatic carbocycles. The van der Waals surface area contributed by atoms with Crippen LogP contribution >= 0.6 is 33.9 Å². The van der Waals surface area contributed by atoms with Gasteiger partial charge in [0.2, 0.25) is 0 Å². The summed E-state index contributed by atoms with van der Waals surface area (Å²) in [4.78, 5) is 9.95. The van der Waals surface area contributed by atoms with Crippen molar-refractivity contribution >= 4 is 56.0 Å². The summed E-state index contributed by atoms with van der Waals surface area (Å²) in [6, 6.07) is 35.2. The Balaban J connectivity index is 1.52. The molecule has 0 bridgehead atoms. The minimum Gasteiger partial charge on any atom is -0.507 e. The predicted molar refractivity (Wildman–Crippen MR) is 173 cm³/mol. The summed E-state index contributed by atoms with van der Waals surface area (Å²) in [7, 11) is 0. The number of thiazole rings is 1. The molecule has 0 spiro atoms. The number of hydrogen-bond acceptors (Lipinski definition) is 4. The van der Waals surface area contributed by atoms with Crippen molar-refractivity contribution in [1.82, 2.24) is 4.98 Å². The highest BCUT2D eigenvalue weighted by atomic mass is 127. The number of halogens is 1. The molecule has 6 rings (SSSR count). The number of aliphatic imine (C=N–C) groups is 1. The summed E-state index contributed by atoms with van der Waals surface area (Å²) in [6.07, 6.45) is 1.72. The van der Waals surface area contributed by atoms with Crippen LogP contribution < -0.4 is 0 Å². The second kappa shape index (κ2) is 10.8. The first-order valence-electron chi connectivity index (χ1n) is 12.7. The molecule has 1 heterocycles. The van der Waals surface area contributed by atoms with Gasteiger partial charge in [0.15, 0.2) is 0 Å². The van der Waals surface area contributed by atoms with E-state index in [0.29, 0.717) is 5.56 Å². The third-order valence-electron chi connectivity index (χ3n) is 6.75. The molecule has 6 aromatic rings. The van der Waals surface area contributed by atoms with Crippen LogP contribution in [-0.2, 0) is 0 Å². The Morgan fingerprint density at radius 1 is 0.769 bits per heavy atom. The number of aryl methyl sites for hydroxylation is 2. The Labute approximate surface area is 245 Å². The van der Waals surface area contributed by atoms with E-state index in [1.807, 2.05) is 36.4 Å². The third kappa shape index (κ3) is 5.24. The van der Waals surface area contributed by atoms with Crippen LogP contribution in [-0.4, -0.2) is 16.3 Å². The van der Waals surface area contributed by atoms with Crippen molar-refractivity contribution < 1.29 is 5.11 Å². The monoisotopic (exact) mass is 636 g/mol. The van der Waals surface area contributed by atoms with Gasteiger partial charge in [0.25, 0.3) is 0 Å². The maximum atomic E-state index is 10.3. The molecule has 39 heavy (non-hydrogen) atoms. The fourth-order valence-electron chi connectivity index (χ4n) is 4.72. The number of hydrogen-bond donors (Lipinski definition) is 1. The second-order valence-corrected chi connectivity index (χ2v) is 11.8. The lowest BCUT2D eigenvalue weighted by atomic mass is 9.94. The summed E-state index contributed by atoms with van der Waals surface area (Å²) < 4.78 is 2.18. The van der Waals surface area contributed by atoms with Crippen molar-refractivity contribution in [2.24, 2.45) is 4.99 Å². The normalized spacial score (nSPS) is 11.5. The van der Waals surface area contributed by atoms with Gasteiger partial charge in [0.05, 0.1) is 15.9 Å². The van der Waals surface area contributed by atoms with E-state index in [9.17, 15) is 5.11 Å². The van der Waals surface area contributed by atoms with Crippen LogP contribution in [0.25, 0.3) is 43.0 Å². The molecule has 0 atom stereocenters. The zero-order chi connectivity index (χ0) is 26.9. The van der Waals surface area contributed by atoms with Crippen LogP contribution in [0.5, 0.6) is 5.75 Å². The number of phenolic OH excluding ortho intramolecular Hbond substituents is 1. The number of para-hydroxylation sites is 1. The summed E-state index contributed by atoms with van der Waals surface area (Å²) in [5.41, 5.74) is 10.6. The molecule has 3 nitrogen and oxygen atoms in total. The van der Waals surface area contributed by atoms with Crippen molar-refractivity contribution in [3.8, 4) is 38.6 Å². The number of nitrogens with zero attached hydrogens (tertiary/aromatic N) is 2. The molecule has 5 heteroatoms. The quantitative estimate of drug-likeness (QED) is 0.151. The van der Waals surface area contributed by atoms with Crippen molar-refractivity contribution in [2.45, 2.75) is 13.8 Å². The molecule has 1 N–H and O–H groups in total. The van der Waals surface area contributed by atoms with Gasteiger partial charge in [-0.15, -0.1) is 11.3 Å². The predicted octanol–water partition coefficient (Wildman–Crippen LogP) is 9.97. The zero-order valence-electron chi connectivity index (χ0n) is 21.5. The molecule has 1 aromatic heterocycles. The molecule has 0 unspecified atom stereocenters. The van der Waals surface area contributed by atoms with Gasteiger partial charge in [-0.1, -0.05) is 66.2 Å². The minimum atomic E-state index is 0.211. The highest BCUT2D eigenvalue weighted by molar-refractivity contribution is 14.1. The number of aromatic hydroxyl groups is 1. The molecule has 0 aliphatic heterocycles. The lowest BCUT2D eigenvalue weighted by molar-refractivity contribution is 0.474. The van der Waals surface area contributed by atoms with E-state index in [1.54, 1.807) is 23.6 Å². The van der Waals surface area contributed by atoms with Crippen LogP contribution in [0.2, 0.25) is 0 Å². The van der Waals surface area contributed by atoms with Crippen LogP contribution in [0.1, 0.15) is 16.7 Å². The first-order chi connectivity index (χ1) is 19.0. The van der Waals surface area contributed by atoms with Crippen LogP contribution in [0, 0.1) is 17.4 Å². The largest absolute Gasteiger partial charge is 0.507 e. The van der Waals surface area contributed by atoms with Crippen molar-refractivity contribution in [1.29, 1.82) is 0 Å². The second-order valence-electron chi connectivity index (χ2n) is 9.55. The number of benzene rings is 5. The molecule has 0 fully saturated rings. The summed E-state index contributed by atoms with van der Waals surface area (Å²) in [6.45, 7) is 4.30. The van der Waals surface area contributed by atoms with E-state index in [0.717, 1.165) is 41.2 Å². The van der Waals surface area contributed by atoms with Crippen LogP contribution in [0.15, 0.2) is 108 Å². The Bertz CT molecular complexity index is 1860. The maximum absolute atomic E-state index is 10.3. The lowest BCUT2D eigenvalue weighted by Gasteiger charge is -2.11. The molecule has 0 saturated heterocycles. The first-order valence-corrected chi connectivity index (χ1v) is 14.6. The van der Waals surface area contributed by atoms with Gasteiger partial charge in [-0.3, -0.25) is 4.99 Å². The van der Waals surface area contributed by atoms with Crippen molar-refractivity contribution in [3.05, 3.63) is 123 Å². The average Bonchev–Trinajstić information content (AvgIpc) is 3.39. The van der Waals surface area contributed by atoms with Crippen molar-refractivity contribution in [3.63, 3.8) is 0 Å². The topological polar surface area (TPSA) is 45.5 Å². The number of rotatable bonds is 5. The first kappa shape index (κ1) is 25.5. The van der Waals surface area contributed by atoms with Gasteiger partial charge in [0, 0.05) is 26.5 Å². The highest BCUT2D eigenvalue weighted by Gasteiger charge is 2.16. The summed E-state index contributed by atoms with van der Waals surface area (Å²) in [5.74, 6) is 0.211. The van der Waals surface area contributed by atoms with Gasteiger partial charge in [-0.05, 0) is 101 Å². The fraction of sp³-hybridized carbons (Fsp3) is 0.0588. The van der Waals surface area contributed by atoms with E-state index in [2.05, 4.69) is 97.1 Å². The molecule has 0 amide bonds. The average molecular weight is 637 g/mol. The Kier molecular flexibility index (Phi) is 7.02. The maximum Gasteiger partial charge on any atom is 0.126 e. The Morgan fingerprint density at radius 3 is 2.41 bits per heavy atom. The zero-order valence-corrected chi connectivity index (χ0v) is 24.5. The summed E-state index contributed by atoms with van der Waals surface area (Å²) >= 11 is 3.92. The number of phenols is 1. The van der Waals surface area contributed by atoms with Gasteiger partial charge >= 0.3 is 0 Å².